The molecule has 8 heteroatoms. The van der Waals surface area contributed by atoms with Crippen molar-refractivity contribution in [2.24, 2.45) is 13.0 Å². The van der Waals surface area contributed by atoms with Crippen LogP contribution in [0.3, 0.4) is 0 Å². The van der Waals surface area contributed by atoms with Gasteiger partial charge in [0.05, 0.1) is 5.69 Å². The van der Waals surface area contributed by atoms with Gasteiger partial charge in [-0.1, -0.05) is 18.2 Å². The van der Waals surface area contributed by atoms with Gasteiger partial charge in [-0.25, -0.2) is 8.42 Å². The predicted molar refractivity (Wildman–Crippen MR) is 105 cm³/mol. The maximum absolute atomic E-state index is 13.6. The third-order valence-electron chi connectivity index (χ3n) is 6.36. The molecule has 2 fully saturated rings. The zero-order chi connectivity index (χ0) is 19.5. The number of para-hydroxylation sites is 1. The number of piperidine rings is 1. The first-order valence-corrected chi connectivity index (χ1v) is 11.3. The van der Waals surface area contributed by atoms with E-state index in [1.165, 1.54) is 0 Å². The molecule has 1 aromatic heterocycles. The maximum atomic E-state index is 13.6. The maximum Gasteiger partial charge on any atom is 0.274 e. The molecule has 0 N–H and O–H groups in total. The van der Waals surface area contributed by atoms with E-state index < -0.39 is 14.8 Å². The number of carbonyl (C=O) groups is 1. The van der Waals surface area contributed by atoms with Crippen molar-refractivity contribution >= 4 is 21.6 Å². The highest BCUT2D eigenvalue weighted by molar-refractivity contribution is 7.94. The number of anilines is 1. The average molecular weight is 401 g/mol. The Balaban J connectivity index is 1.45. The number of aromatic nitrogens is 2. The Bertz CT molecular complexity index is 1030. The van der Waals surface area contributed by atoms with E-state index in [4.69, 9.17) is 0 Å². The summed E-state index contributed by atoms with van der Waals surface area (Å²) in [6.45, 7) is 1.41. The van der Waals surface area contributed by atoms with Crippen LogP contribution in [0.15, 0.2) is 36.5 Å². The van der Waals surface area contributed by atoms with Crippen LogP contribution in [0.5, 0.6) is 0 Å². The van der Waals surface area contributed by atoms with E-state index in [2.05, 4.69) is 5.10 Å². The van der Waals surface area contributed by atoms with Gasteiger partial charge in [0.1, 0.15) is 10.4 Å². The van der Waals surface area contributed by atoms with Gasteiger partial charge < -0.3 is 4.90 Å². The Morgan fingerprint density at radius 1 is 1.18 bits per heavy atom. The van der Waals surface area contributed by atoms with E-state index in [-0.39, 0.29) is 5.91 Å². The largest absolute Gasteiger partial charge is 0.337 e. The van der Waals surface area contributed by atoms with Crippen LogP contribution in [0.1, 0.15) is 41.7 Å². The van der Waals surface area contributed by atoms with E-state index in [0.717, 1.165) is 24.1 Å². The second kappa shape index (κ2) is 6.07. The van der Waals surface area contributed by atoms with Gasteiger partial charge in [-0.05, 0) is 49.3 Å². The molecule has 3 heterocycles. The second-order valence-corrected chi connectivity index (χ2v) is 10.3. The molecule has 1 saturated carbocycles. The number of amides is 1. The number of benzene rings is 1. The molecule has 0 atom stereocenters. The van der Waals surface area contributed by atoms with Crippen molar-refractivity contribution in [1.82, 2.24) is 14.7 Å². The number of likely N-dealkylation sites (tertiary alicyclic amines) is 1. The number of aryl methyl sites for hydroxylation is 1. The third-order valence-corrected chi connectivity index (χ3v) is 8.90. The second-order valence-electron chi connectivity index (χ2n) is 8.16. The summed E-state index contributed by atoms with van der Waals surface area (Å²) in [5.74, 6) is 0.345. The molecule has 1 saturated heterocycles. The number of carbonyl (C=O) groups excluding carboxylic acids is 1. The minimum absolute atomic E-state index is 0.131. The quantitative estimate of drug-likeness (QED) is 0.791. The van der Waals surface area contributed by atoms with Crippen LogP contribution in [0, 0.1) is 5.92 Å². The summed E-state index contributed by atoms with van der Waals surface area (Å²) in [5.41, 5.74) is 2.14. The van der Waals surface area contributed by atoms with E-state index >= 15 is 0 Å². The molecule has 0 radical (unpaired) electrons. The van der Waals surface area contributed by atoms with E-state index in [0.29, 0.717) is 44.1 Å². The summed E-state index contributed by atoms with van der Waals surface area (Å²) in [5, 5.41) is 4.19. The Morgan fingerprint density at radius 2 is 1.89 bits per heavy atom. The molecule has 1 aromatic carbocycles. The molecule has 1 spiro atoms. The van der Waals surface area contributed by atoms with Crippen molar-refractivity contribution in [2.75, 3.05) is 23.9 Å². The number of rotatable bonds is 3. The Hall–Kier alpha value is -2.35. The normalized spacial score (nSPS) is 22.5. The molecule has 0 bridgehead atoms. The van der Waals surface area contributed by atoms with Crippen molar-refractivity contribution in [3.8, 4) is 0 Å². The molecule has 2 aromatic rings. The van der Waals surface area contributed by atoms with Crippen LogP contribution in [0.4, 0.5) is 5.69 Å². The summed E-state index contributed by atoms with van der Waals surface area (Å²) < 4.78 is 29.6. The molecular formula is C20H24N4O3S. The Labute approximate surface area is 165 Å². The summed E-state index contributed by atoms with van der Waals surface area (Å²) in [6, 6.07) is 9.41. The monoisotopic (exact) mass is 400 g/mol. The number of fused-ring (bicyclic) bond motifs is 2. The molecule has 2 aliphatic heterocycles. The highest BCUT2D eigenvalue weighted by Gasteiger charge is 2.57. The Kier molecular flexibility index (Phi) is 3.84. The van der Waals surface area contributed by atoms with Crippen molar-refractivity contribution < 1.29 is 13.2 Å². The molecule has 1 aliphatic carbocycles. The summed E-state index contributed by atoms with van der Waals surface area (Å²) in [4.78, 5) is 14.5. The lowest BCUT2D eigenvalue weighted by Gasteiger charge is -2.38. The average Bonchev–Trinajstić information content (AvgIpc) is 3.39. The van der Waals surface area contributed by atoms with Gasteiger partial charge >= 0.3 is 0 Å². The van der Waals surface area contributed by atoms with Gasteiger partial charge in [0.15, 0.2) is 0 Å². The van der Waals surface area contributed by atoms with Crippen LogP contribution in [-0.2, 0) is 21.8 Å². The first-order chi connectivity index (χ1) is 13.4. The minimum Gasteiger partial charge on any atom is -0.337 e. The van der Waals surface area contributed by atoms with Gasteiger partial charge in [0, 0.05) is 32.9 Å². The van der Waals surface area contributed by atoms with E-state index in [9.17, 15) is 13.2 Å². The smallest absolute Gasteiger partial charge is 0.274 e. The lowest BCUT2D eigenvalue weighted by Crippen LogP contribution is -2.50. The van der Waals surface area contributed by atoms with Gasteiger partial charge in [-0.2, -0.15) is 5.10 Å². The molecule has 3 aliphatic rings. The fraction of sp³-hybridized carbons (Fsp3) is 0.500. The zero-order valence-corrected chi connectivity index (χ0v) is 16.7. The number of nitrogens with zero attached hydrogens (tertiary/aromatic N) is 4. The minimum atomic E-state index is -3.50. The zero-order valence-electron chi connectivity index (χ0n) is 15.9. The number of sulfonamides is 1. The van der Waals surface area contributed by atoms with Crippen LogP contribution in [0.25, 0.3) is 0 Å². The lowest BCUT2D eigenvalue weighted by atomic mass is 9.87. The lowest BCUT2D eigenvalue weighted by molar-refractivity contribution is 0.0694. The SMILES string of the molecule is Cn1ccc(C(=O)N2CCC3(CC2)c2ccccc2N(CC2CC2)S3(=O)=O)n1. The molecule has 5 rings (SSSR count). The Morgan fingerprint density at radius 3 is 2.54 bits per heavy atom. The highest BCUT2D eigenvalue weighted by Crippen LogP contribution is 2.53. The van der Waals surface area contributed by atoms with E-state index in [1.807, 2.05) is 24.3 Å². The van der Waals surface area contributed by atoms with Gasteiger partial charge in [0.25, 0.3) is 5.91 Å². The molecule has 28 heavy (non-hydrogen) atoms. The first-order valence-electron chi connectivity index (χ1n) is 9.83. The van der Waals surface area contributed by atoms with Crippen LogP contribution < -0.4 is 4.31 Å². The molecule has 148 valence electrons. The van der Waals surface area contributed by atoms with Crippen LogP contribution in [-0.4, -0.2) is 48.6 Å². The highest BCUT2D eigenvalue weighted by atomic mass is 32.2. The first kappa shape index (κ1) is 17.7. The fourth-order valence-electron chi connectivity index (χ4n) is 4.58. The summed E-state index contributed by atoms with van der Waals surface area (Å²) >= 11 is 0. The van der Waals surface area contributed by atoms with Gasteiger partial charge in [-0.15, -0.1) is 0 Å². The number of hydrogen-bond donors (Lipinski definition) is 0. The third kappa shape index (κ3) is 2.50. The standard InChI is InChI=1S/C20H24N4O3S/c1-22-11-8-17(21-22)19(25)23-12-9-20(10-13-23)16-4-2-3-5-18(16)24(28(20,26)27)14-15-6-7-15/h2-5,8,11,15H,6-7,9-10,12-14H2,1H3. The van der Waals surface area contributed by atoms with Crippen LogP contribution >= 0.6 is 0 Å². The molecule has 1 amide bonds. The van der Waals surface area contributed by atoms with Crippen molar-refractivity contribution in [2.45, 2.75) is 30.4 Å². The molecule has 0 unspecified atom stereocenters. The van der Waals surface area contributed by atoms with Gasteiger partial charge in [-0.3, -0.25) is 13.8 Å². The summed E-state index contributed by atoms with van der Waals surface area (Å²) in [7, 11) is -1.72. The van der Waals surface area contributed by atoms with E-state index in [1.54, 1.807) is 33.2 Å². The topological polar surface area (TPSA) is 75.5 Å². The van der Waals surface area contributed by atoms with Crippen molar-refractivity contribution in [3.05, 3.63) is 47.8 Å². The molecular weight excluding hydrogens is 376 g/mol. The van der Waals surface area contributed by atoms with Crippen molar-refractivity contribution in [1.29, 1.82) is 0 Å². The molecule has 7 nitrogen and oxygen atoms in total. The number of hydrogen-bond acceptors (Lipinski definition) is 4. The van der Waals surface area contributed by atoms with Crippen LogP contribution in [0.2, 0.25) is 0 Å². The fourth-order valence-corrected chi connectivity index (χ4v) is 6.97. The predicted octanol–water partition coefficient (Wildman–Crippen LogP) is 2.11. The summed E-state index contributed by atoms with van der Waals surface area (Å²) in [6.07, 6.45) is 4.80. The van der Waals surface area contributed by atoms with Gasteiger partial charge in [0.2, 0.25) is 10.0 Å². The van der Waals surface area contributed by atoms with Crippen molar-refractivity contribution in [3.63, 3.8) is 0 Å².